The Morgan fingerprint density at radius 3 is 1.00 bits per heavy atom. The summed E-state index contributed by atoms with van der Waals surface area (Å²) in [6.45, 7) is 32.0. The molecule has 52 heavy (non-hydrogen) atoms. The summed E-state index contributed by atoms with van der Waals surface area (Å²) in [5, 5.41) is 14.1. The molecule has 0 aromatic carbocycles. The minimum atomic E-state index is -1.67. The minimum absolute atomic E-state index is 0.171. The van der Waals surface area contributed by atoms with Crippen LogP contribution in [0.5, 0.6) is 0 Å². The Hall–Kier alpha value is -2.28. The molecule has 298 valence electrons. The lowest BCUT2D eigenvalue weighted by Crippen LogP contribution is -2.51. The van der Waals surface area contributed by atoms with Gasteiger partial charge >= 0.3 is 23.9 Å². The lowest BCUT2D eigenvalue weighted by Gasteiger charge is -2.33. The van der Waals surface area contributed by atoms with E-state index >= 15 is 0 Å². The topological polar surface area (TPSA) is 153 Å². The maximum Gasteiger partial charge on any atom is 0.321 e. The highest BCUT2D eigenvalue weighted by Gasteiger charge is 2.54. The van der Waals surface area contributed by atoms with E-state index < -0.39 is 82.3 Å². The summed E-state index contributed by atoms with van der Waals surface area (Å²) in [6, 6.07) is 0. The van der Waals surface area contributed by atoms with E-state index in [-0.39, 0.29) is 35.0 Å². The van der Waals surface area contributed by atoms with E-state index in [0.29, 0.717) is 25.7 Å². The second kappa shape index (κ2) is 13.8. The predicted octanol–water partition coefficient (Wildman–Crippen LogP) is 4.85. The third-order valence-corrected chi connectivity index (χ3v) is 11.6. The standard InChI is InChI=1S/C40H70N4O8/c1-33(2)19-24(37(9,10)41-33)49-28(45)18-17-23(30(46)50-25-20-34(3,4)42-38(25,11)12)29(31(47)51-26-21-35(5,6)43-39(26,13)14)32(48)52-27-22-36(7,8)44-40(27,15)16/h23-27,29,41-44H,17-22H2,1-16H3. The predicted molar refractivity (Wildman–Crippen MR) is 199 cm³/mol. The van der Waals surface area contributed by atoms with Crippen LogP contribution in [-0.4, -0.2) is 92.6 Å². The van der Waals surface area contributed by atoms with Crippen LogP contribution in [0.4, 0.5) is 0 Å². The summed E-state index contributed by atoms with van der Waals surface area (Å²) in [7, 11) is 0. The van der Waals surface area contributed by atoms with Crippen LogP contribution in [0, 0.1) is 11.8 Å². The van der Waals surface area contributed by atoms with Gasteiger partial charge in [0, 0.05) is 54.3 Å². The first-order chi connectivity index (χ1) is 23.3. The zero-order chi connectivity index (χ0) is 39.7. The second-order valence-corrected chi connectivity index (χ2v) is 21.1. The molecule has 4 rings (SSSR count). The van der Waals surface area contributed by atoms with Crippen molar-refractivity contribution < 1.29 is 38.1 Å². The lowest BCUT2D eigenvalue weighted by molar-refractivity contribution is -0.181. The molecule has 4 aliphatic rings. The van der Waals surface area contributed by atoms with Crippen molar-refractivity contribution in [3.05, 3.63) is 0 Å². The molecular weight excluding hydrogens is 664 g/mol. The van der Waals surface area contributed by atoms with E-state index in [4.69, 9.17) is 18.9 Å². The molecule has 12 nitrogen and oxygen atoms in total. The molecule has 12 heteroatoms. The molecule has 0 amide bonds. The molecule has 0 aromatic rings. The molecule has 4 saturated heterocycles. The second-order valence-electron chi connectivity index (χ2n) is 21.1. The normalized spacial score (nSPS) is 32.4. The van der Waals surface area contributed by atoms with E-state index in [1.807, 2.05) is 96.9 Å². The largest absolute Gasteiger partial charge is 0.460 e. The Kier molecular flexibility index (Phi) is 11.3. The first-order valence-electron chi connectivity index (χ1n) is 19.2. The molecule has 4 heterocycles. The van der Waals surface area contributed by atoms with Gasteiger partial charge < -0.3 is 40.2 Å². The molecule has 4 aliphatic heterocycles. The van der Waals surface area contributed by atoms with Crippen LogP contribution in [0.25, 0.3) is 0 Å². The summed E-state index contributed by atoms with van der Waals surface area (Å²) in [5.41, 5.74) is -3.46. The monoisotopic (exact) mass is 735 g/mol. The average molecular weight is 735 g/mol. The van der Waals surface area contributed by atoms with Crippen molar-refractivity contribution in [1.29, 1.82) is 0 Å². The molecule has 0 saturated carbocycles. The summed E-state index contributed by atoms with van der Waals surface area (Å²) in [6.07, 6.45) is -0.381. The van der Waals surface area contributed by atoms with Gasteiger partial charge in [0.2, 0.25) is 0 Å². The maximum atomic E-state index is 14.5. The van der Waals surface area contributed by atoms with Crippen LogP contribution in [0.3, 0.4) is 0 Å². The van der Waals surface area contributed by atoms with E-state index in [1.54, 1.807) is 0 Å². The highest BCUT2D eigenvalue weighted by molar-refractivity contribution is 5.99. The van der Waals surface area contributed by atoms with Gasteiger partial charge in [0.05, 0.1) is 28.1 Å². The van der Waals surface area contributed by atoms with Gasteiger partial charge in [0.25, 0.3) is 0 Å². The fourth-order valence-corrected chi connectivity index (χ4v) is 9.64. The third-order valence-electron chi connectivity index (χ3n) is 11.6. The Bertz CT molecular complexity index is 1350. The zero-order valence-corrected chi connectivity index (χ0v) is 35.0. The van der Waals surface area contributed by atoms with E-state index in [0.717, 1.165) is 0 Å². The Balaban J connectivity index is 1.68. The van der Waals surface area contributed by atoms with Gasteiger partial charge in [-0.15, -0.1) is 0 Å². The van der Waals surface area contributed by atoms with E-state index in [1.165, 1.54) is 0 Å². The van der Waals surface area contributed by atoms with Crippen molar-refractivity contribution >= 4 is 23.9 Å². The van der Waals surface area contributed by atoms with Crippen molar-refractivity contribution in [3.8, 4) is 0 Å². The number of carbonyl (C=O) groups excluding carboxylic acids is 4. The Labute approximate surface area is 312 Å². The van der Waals surface area contributed by atoms with Crippen molar-refractivity contribution in [3.63, 3.8) is 0 Å². The summed E-state index contributed by atoms with van der Waals surface area (Å²) in [4.78, 5) is 57.0. The fourth-order valence-electron chi connectivity index (χ4n) is 9.64. The van der Waals surface area contributed by atoms with Gasteiger partial charge in [-0.1, -0.05) is 0 Å². The van der Waals surface area contributed by atoms with Crippen molar-refractivity contribution in [2.45, 2.75) is 218 Å². The van der Waals surface area contributed by atoms with Crippen LogP contribution >= 0.6 is 0 Å². The van der Waals surface area contributed by atoms with Crippen LogP contribution in [0.2, 0.25) is 0 Å². The first-order valence-corrected chi connectivity index (χ1v) is 19.2. The van der Waals surface area contributed by atoms with Gasteiger partial charge in [-0.2, -0.15) is 0 Å². The lowest BCUT2D eigenvalue weighted by atomic mass is 9.86. The number of hydrogen-bond donors (Lipinski definition) is 4. The van der Waals surface area contributed by atoms with Crippen LogP contribution in [0.15, 0.2) is 0 Å². The molecule has 0 aromatic heterocycles. The van der Waals surface area contributed by atoms with Gasteiger partial charge in [-0.05, 0) is 117 Å². The quantitative estimate of drug-likeness (QED) is 0.130. The summed E-state index contributed by atoms with van der Waals surface area (Å²) < 4.78 is 24.6. The van der Waals surface area contributed by atoms with Crippen LogP contribution < -0.4 is 21.3 Å². The highest BCUT2D eigenvalue weighted by atomic mass is 16.6. The first kappa shape index (κ1) is 42.5. The molecule has 4 fully saturated rings. The number of nitrogens with one attached hydrogen (secondary N) is 4. The number of esters is 4. The zero-order valence-electron chi connectivity index (χ0n) is 35.0. The maximum absolute atomic E-state index is 14.5. The number of carbonyl (C=O) groups is 4. The molecule has 5 unspecified atom stereocenters. The van der Waals surface area contributed by atoms with Gasteiger partial charge in [0.1, 0.15) is 24.4 Å². The SMILES string of the molecule is CC1(C)CC(OC(=O)CCC(C(=O)OC2CC(C)(C)NC2(C)C)C(C(=O)OC2CC(C)(C)NC2(C)C)C(=O)OC2CC(C)(C)NC2(C)C)C(C)(C)N1. The molecule has 0 bridgehead atoms. The van der Waals surface area contributed by atoms with Crippen LogP contribution in [0.1, 0.15) is 149 Å². The third kappa shape index (κ3) is 9.87. The Morgan fingerprint density at radius 1 is 0.462 bits per heavy atom. The van der Waals surface area contributed by atoms with Gasteiger partial charge in [-0.25, -0.2) is 0 Å². The smallest absolute Gasteiger partial charge is 0.321 e. The molecule has 5 atom stereocenters. The van der Waals surface area contributed by atoms with Crippen molar-refractivity contribution in [2.24, 2.45) is 11.8 Å². The minimum Gasteiger partial charge on any atom is -0.460 e. The van der Waals surface area contributed by atoms with Crippen molar-refractivity contribution in [2.75, 3.05) is 0 Å². The number of rotatable bonds is 11. The molecule has 4 N–H and O–H groups in total. The van der Waals surface area contributed by atoms with E-state index in [2.05, 4.69) is 35.1 Å². The van der Waals surface area contributed by atoms with E-state index in [9.17, 15) is 19.2 Å². The number of ether oxygens (including phenoxy) is 4. The fraction of sp³-hybridized carbons (Fsp3) is 0.900. The summed E-state index contributed by atoms with van der Waals surface area (Å²) >= 11 is 0. The molecule has 0 aliphatic carbocycles. The summed E-state index contributed by atoms with van der Waals surface area (Å²) in [5.74, 6) is -6.05. The highest BCUT2D eigenvalue weighted by Crippen LogP contribution is 2.39. The molecule has 0 spiro atoms. The molecule has 0 radical (unpaired) electrons. The van der Waals surface area contributed by atoms with Crippen molar-refractivity contribution in [1.82, 2.24) is 21.3 Å². The van der Waals surface area contributed by atoms with Gasteiger partial charge in [0.15, 0.2) is 5.92 Å². The number of hydrogen-bond acceptors (Lipinski definition) is 12. The van der Waals surface area contributed by atoms with Gasteiger partial charge in [-0.3, -0.25) is 19.2 Å². The average Bonchev–Trinajstić information content (AvgIpc) is 3.43. The Morgan fingerprint density at radius 2 is 0.731 bits per heavy atom. The van der Waals surface area contributed by atoms with Crippen LogP contribution in [-0.2, 0) is 38.1 Å². The molecular formula is C40H70N4O8.